The van der Waals surface area contributed by atoms with Crippen LogP contribution in [0.25, 0.3) is 0 Å². The van der Waals surface area contributed by atoms with Gasteiger partial charge in [-0.2, -0.15) is 0 Å². The van der Waals surface area contributed by atoms with E-state index in [1.807, 2.05) is 30.3 Å². The highest BCUT2D eigenvalue weighted by Gasteiger charge is 2.08. The van der Waals surface area contributed by atoms with E-state index in [2.05, 4.69) is 21.8 Å². The van der Waals surface area contributed by atoms with Gasteiger partial charge in [0.05, 0.1) is 0 Å². The highest BCUT2D eigenvalue weighted by atomic mass is 15.2. The summed E-state index contributed by atoms with van der Waals surface area (Å²) < 4.78 is 0. The summed E-state index contributed by atoms with van der Waals surface area (Å²) in [6.45, 7) is 3.65. The van der Waals surface area contributed by atoms with Crippen LogP contribution in [0.15, 0.2) is 42.7 Å². The van der Waals surface area contributed by atoms with Crippen molar-refractivity contribution in [3.63, 3.8) is 0 Å². The number of para-hydroxylation sites is 1. The van der Waals surface area contributed by atoms with Crippen LogP contribution in [0.1, 0.15) is 12.5 Å². The predicted molar refractivity (Wildman–Crippen MR) is 69.6 cm³/mol. The van der Waals surface area contributed by atoms with E-state index < -0.39 is 0 Å². The molecule has 1 heterocycles. The largest absolute Gasteiger partial charge is 0.398 e. The Labute approximate surface area is 101 Å². The molecule has 0 aliphatic carbocycles. The van der Waals surface area contributed by atoms with Crippen LogP contribution in [0.2, 0.25) is 0 Å². The lowest BCUT2D eigenvalue weighted by Gasteiger charge is -2.21. The van der Waals surface area contributed by atoms with E-state index in [1.165, 1.54) is 0 Å². The van der Waals surface area contributed by atoms with E-state index >= 15 is 0 Å². The molecule has 2 N–H and O–H groups in total. The van der Waals surface area contributed by atoms with Crippen molar-refractivity contribution in [2.45, 2.75) is 13.5 Å². The summed E-state index contributed by atoms with van der Waals surface area (Å²) in [5, 5.41) is 0. The fourth-order valence-corrected chi connectivity index (χ4v) is 1.66. The Hall–Kier alpha value is -2.10. The second-order valence-corrected chi connectivity index (χ2v) is 3.76. The van der Waals surface area contributed by atoms with Crippen LogP contribution < -0.4 is 10.6 Å². The number of hydrogen-bond acceptors (Lipinski definition) is 4. The quantitative estimate of drug-likeness (QED) is 0.814. The van der Waals surface area contributed by atoms with E-state index in [1.54, 1.807) is 12.4 Å². The normalized spacial score (nSPS) is 10.2. The van der Waals surface area contributed by atoms with E-state index in [0.29, 0.717) is 0 Å². The van der Waals surface area contributed by atoms with Crippen LogP contribution in [-0.4, -0.2) is 16.5 Å². The van der Waals surface area contributed by atoms with Gasteiger partial charge in [-0.05, 0) is 24.6 Å². The van der Waals surface area contributed by atoms with Crippen LogP contribution in [0.4, 0.5) is 11.6 Å². The molecule has 0 saturated heterocycles. The minimum atomic E-state index is 0.729. The molecule has 1 aromatic heterocycles. The third-order valence-corrected chi connectivity index (χ3v) is 2.63. The third-order valence-electron chi connectivity index (χ3n) is 2.63. The first-order valence-electron chi connectivity index (χ1n) is 5.66. The fourth-order valence-electron chi connectivity index (χ4n) is 1.66. The van der Waals surface area contributed by atoms with Crippen molar-refractivity contribution in [1.82, 2.24) is 9.97 Å². The van der Waals surface area contributed by atoms with Gasteiger partial charge in [-0.3, -0.25) is 0 Å². The molecule has 0 aliphatic rings. The number of rotatable bonds is 4. The average molecular weight is 228 g/mol. The lowest BCUT2D eigenvalue weighted by Crippen LogP contribution is -2.24. The van der Waals surface area contributed by atoms with Gasteiger partial charge >= 0.3 is 0 Å². The number of nitrogens with zero attached hydrogens (tertiary/aromatic N) is 3. The van der Waals surface area contributed by atoms with Gasteiger partial charge in [0.15, 0.2) is 0 Å². The number of anilines is 2. The Balaban J connectivity index is 2.19. The van der Waals surface area contributed by atoms with E-state index in [-0.39, 0.29) is 0 Å². The van der Waals surface area contributed by atoms with Gasteiger partial charge < -0.3 is 10.6 Å². The molecule has 0 amide bonds. The first kappa shape index (κ1) is 11.4. The lowest BCUT2D eigenvalue weighted by molar-refractivity contribution is 0.793. The number of hydrogen-bond donors (Lipinski definition) is 1. The summed E-state index contributed by atoms with van der Waals surface area (Å²) in [5.41, 5.74) is 7.84. The summed E-state index contributed by atoms with van der Waals surface area (Å²) in [5.74, 6) is 0.734. The molecule has 2 rings (SSSR count). The highest BCUT2D eigenvalue weighted by molar-refractivity contribution is 5.48. The molecule has 0 fully saturated rings. The molecule has 0 unspecified atom stereocenters. The topological polar surface area (TPSA) is 55.0 Å². The number of nitrogens with two attached hydrogens (primary N) is 1. The molecule has 0 bridgehead atoms. The zero-order valence-electron chi connectivity index (χ0n) is 9.87. The Morgan fingerprint density at radius 1 is 1.12 bits per heavy atom. The van der Waals surface area contributed by atoms with Gasteiger partial charge in [-0.25, -0.2) is 9.97 Å². The van der Waals surface area contributed by atoms with Crippen molar-refractivity contribution in [2.75, 3.05) is 17.2 Å². The van der Waals surface area contributed by atoms with Crippen molar-refractivity contribution in [3.8, 4) is 0 Å². The van der Waals surface area contributed by atoms with Gasteiger partial charge in [0.2, 0.25) is 5.95 Å². The second-order valence-electron chi connectivity index (χ2n) is 3.76. The summed E-state index contributed by atoms with van der Waals surface area (Å²) in [6, 6.07) is 9.68. The molecule has 0 saturated carbocycles. The predicted octanol–water partition coefficient (Wildman–Crippen LogP) is 2.09. The van der Waals surface area contributed by atoms with Gasteiger partial charge in [0, 0.05) is 31.2 Å². The molecule has 88 valence electrons. The van der Waals surface area contributed by atoms with E-state index in [9.17, 15) is 0 Å². The molecule has 4 heteroatoms. The van der Waals surface area contributed by atoms with Gasteiger partial charge in [0.25, 0.3) is 0 Å². The summed E-state index contributed by atoms with van der Waals surface area (Å²) in [4.78, 5) is 10.6. The maximum absolute atomic E-state index is 5.93. The van der Waals surface area contributed by atoms with Crippen LogP contribution in [-0.2, 0) is 6.54 Å². The van der Waals surface area contributed by atoms with Crippen molar-refractivity contribution < 1.29 is 0 Å². The number of benzene rings is 1. The molecular formula is C13H16N4. The number of nitrogen functional groups attached to an aromatic ring is 1. The zero-order valence-corrected chi connectivity index (χ0v) is 9.87. The molecule has 1 aromatic carbocycles. The van der Waals surface area contributed by atoms with E-state index in [4.69, 9.17) is 5.73 Å². The Kier molecular flexibility index (Phi) is 3.55. The average Bonchev–Trinajstić information content (AvgIpc) is 2.39. The lowest BCUT2D eigenvalue weighted by atomic mass is 10.2. The fraction of sp³-hybridized carbons (Fsp3) is 0.231. The zero-order chi connectivity index (χ0) is 12.1. The van der Waals surface area contributed by atoms with Crippen LogP contribution >= 0.6 is 0 Å². The summed E-state index contributed by atoms with van der Waals surface area (Å²) in [6.07, 6.45) is 3.50. The van der Waals surface area contributed by atoms with Crippen LogP contribution in [0.5, 0.6) is 0 Å². The molecule has 0 aliphatic heterocycles. The van der Waals surface area contributed by atoms with Crippen molar-refractivity contribution in [2.24, 2.45) is 0 Å². The maximum Gasteiger partial charge on any atom is 0.225 e. The molecule has 0 spiro atoms. The molecular weight excluding hydrogens is 212 g/mol. The Bertz CT molecular complexity index is 470. The molecule has 0 radical (unpaired) electrons. The van der Waals surface area contributed by atoms with Crippen molar-refractivity contribution >= 4 is 11.6 Å². The standard InChI is InChI=1S/C13H16N4/c1-2-17(13-15-8-5-9-16-13)10-11-6-3-4-7-12(11)14/h3-9H,2,10,14H2,1H3. The number of aromatic nitrogens is 2. The van der Waals surface area contributed by atoms with Gasteiger partial charge in [-0.15, -0.1) is 0 Å². The minimum Gasteiger partial charge on any atom is -0.398 e. The first-order valence-corrected chi connectivity index (χ1v) is 5.66. The van der Waals surface area contributed by atoms with Crippen LogP contribution in [0.3, 0.4) is 0 Å². The van der Waals surface area contributed by atoms with Gasteiger partial charge in [0.1, 0.15) is 0 Å². The van der Waals surface area contributed by atoms with Gasteiger partial charge in [-0.1, -0.05) is 18.2 Å². The molecule has 0 atom stereocenters. The highest BCUT2D eigenvalue weighted by Crippen LogP contribution is 2.16. The first-order chi connectivity index (χ1) is 8.31. The molecule has 4 nitrogen and oxygen atoms in total. The Morgan fingerprint density at radius 3 is 2.47 bits per heavy atom. The molecule has 17 heavy (non-hydrogen) atoms. The summed E-state index contributed by atoms with van der Waals surface area (Å²) >= 11 is 0. The monoisotopic (exact) mass is 228 g/mol. The van der Waals surface area contributed by atoms with E-state index in [0.717, 1.165) is 30.3 Å². The third kappa shape index (κ3) is 2.72. The van der Waals surface area contributed by atoms with Crippen molar-refractivity contribution in [1.29, 1.82) is 0 Å². The maximum atomic E-state index is 5.93. The smallest absolute Gasteiger partial charge is 0.225 e. The van der Waals surface area contributed by atoms with Crippen molar-refractivity contribution in [3.05, 3.63) is 48.3 Å². The SMILES string of the molecule is CCN(Cc1ccccc1N)c1ncccn1. The minimum absolute atomic E-state index is 0.729. The molecule has 2 aromatic rings. The van der Waals surface area contributed by atoms with Crippen LogP contribution in [0, 0.1) is 0 Å². The summed E-state index contributed by atoms with van der Waals surface area (Å²) in [7, 11) is 0. The second kappa shape index (κ2) is 5.30. The Morgan fingerprint density at radius 2 is 1.82 bits per heavy atom.